The van der Waals surface area contributed by atoms with E-state index in [1.807, 2.05) is 0 Å². The highest BCUT2D eigenvalue weighted by Gasteiger charge is 2.19. The van der Waals surface area contributed by atoms with Gasteiger partial charge in [0.05, 0.1) is 30.8 Å². The van der Waals surface area contributed by atoms with Crippen molar-refractivity contribution in [3.8, 4) is 5.75 Å². The second-order valence-corrected chi connectivity index (χ2v) is 6.44. The zero-order valence-corrected chi connectivity index (χ0v) is 16.5. The number of thiocarbonyl (C=S) groups is 1. The van der Waals surface area contributed by atoms with Crippen molar-refractivity contribution in [3.63, 3.8) is 0 Å². The molecule has 0 bridgehead atoms. The molecular weight excluding hydrogens is 408 g/mol. The molecule has 0 atom stereocenters. The highest BCUT2D eigenvalue weighted by molar-refractivity contribution is 7.80. The first kappa shape index (κ1) is 21.2. The van der Waals surface area contributed by atoms with Crippen molar-refractivity contribution < 1.29 is 24.0 Å². The van der Waals surface area contributed by atoms with Crippen molar-refractivity contribution in [2.75, 3.05) is 19.0 Å². The fourth-order valence-corrected chi connectivity index (χ4v) is 3.05. The quantitative estimate of drug-likeness (QED) is 0.297. The number of aromatic nitrogens is 1. The molecule has 1 amide bonds. The number of methoxy groups -OCH3 is 1. The summed E-state index contributed by atoms with van der Waals surface area (Å²) in [6.07, 6.45) is 0.0284. The molecular formula is C16H16N4O6S2. The van der Waals surface area contributed by atoms with Crippen LogP contribution < -0.4 is 15.4 Å². The molecule has 1 heterocycles. The Balaban J connectivity index is 1.99. The van der Waals surface area contributed by atoms with Crippen LogP contribution in [0, 0.1) is 10.1 Å². The van der Waals surface area contributed by atoms with Crippen molar-refractivity contribution >= 4 is 51.4 Å². The Morgan fingerprint density at radius 1 is 1.39 bits per heavy atom. The Morgan fingerprint density at radius 3 is 2.79 bits per heavy atom. The molecule has 10 nitrogen and oxygen atoms in total. The SMILES string of the molecule is CCOC(=O)Cc1csc(NC(=S)NC(=O)c2ccc(OC)c([N+](=O)[O-])c2)n1. The summed E-state index contributed by atoms with van der Waals surface area (Å²) in [5.41, 5.74) is 0.210. The number of hydrogen-bond donors (Lipinski definition) is 2. The fourth-order valence-electron chi connectivity index (χ4n) is 2.08. The lowest BCUT2D eigenvalue weighted by Crippen LogP contribution is -2.34. The van der Waals surface area contributed by atoms with E-state index < -0.39 is 16.8 Å². The number of ether oxygens (including phenoxy) is 2. The zero-order valence-electron chi connectivity index (χ0n) is 14.9. The normalized spacial score (nSPS) is 10.1. The van der Waals surface area contributed by atoms with E-state index in [-0.39, 0.29) is 35.1 Å². The Hall–Kier alpha value is -3.12. The molecule has 0 radical (unpaired) electrons. The number of nitrogens with zero attached hydrogens (tertiary/aromatic N) is 2. The Morgan fingerprint density at radius 2 is 2.14 bits per heavy atom. The first-order chi connectivity index (χ1) is 13.3. The average Bonchev–Trinajstić information content (AvgIpc) is 3.07. The predicted octanol–water partition coefficient (Wildman–Crippen LogP) is 2.29. The van der Waals surface area contributed by atoms with Gasteiger partial charge in [-0.15, -0.1) is 11.3 Å². The standard InChI is InChI=1S/C16H16N4O6S2/c1-3-26-13(21)7-10-8-28-16(17-10)19-15(27)18-14(22)9-4-5-12(25-2)11(6-9)20(23)24/h4-6,8H,3,7H2,1-2H3,(H2,17,18,19,22,27). The molecule has 0 saturated heterocycles. The zero-order chi connectivity index (χ0) is 20.7. The maximum atomic E-state index is 12.3. The van der Waals surface area contributed by atoms with Gasteiger partial charge < -0.3 is 14.8 Å². The largest absolute Gasteiger partial charge is 0.490 e. The predicted molar refractivity (Wildman–Crippen MR) is 106 cm³/mol. The lowest BCUT2D eigenvalue weighted by molar-refractivity contribution is -0.385. The van der Waals surface area contributed by atoms with Gasteiger partial charge in [0.15, 0.2) is 16.0 Å². The maximum absolute atomic E-state index is 12.3. The van der Waals surface area contributed by atoms with Crippen LogP contribution in [0.3, 0.4) is 0 Å². The van der Waals surface area contributed by atoms with Crippen LogP contribution in [-0.2, 0) is 16.0 Å². The molecule has 0 aliphatic rings. The second kappa shape index (κ2) is 9.71. The van der Waals surface area contributed by atoms with E-state index in [1.54, 1.807) is 12.3 Å². The molecule has 0 unspecified atom stereocenters. The van der Waals surface area contributed by atoms with Crippen LogP contribution in [0.1, 0.15) is 23.0 Å². The monoisotopic (exact) mass is 424 g/mol. The molecule has 2 rings (SSSR count). The molecule has 0 aliphatic carbocycles. The first-order valence-corrected chi connectivity index (χ1v) is 9.17. The van der Waals surface area contributed by atoms with Gasteiger partial charge >= 0.3 is 11.7 Å². The third-order valence-electron chi connectivity index (χ3n) is 3.27. The summed E-state index contributed by atoms with van der Waals surface area (Å²) in [7, 11) is 1.30. The first-order valence-electron chi connectivity index (χ1n) is 7.88. The van der Waals surface area contributed by atoms with E-state index in [0.717, 1.165) is 6.07 Å². The lowest BCUT2D eigenvalue weighted by atomic mass is 10.2. The van der Waals surface area contributed by atoms with Gasteiger partial charge in [0.2, 0.25) is 0 Å². The van der Waals surface area contributed by atoms with Crippen molar-refractivity contribution in [1.29, 1.82) is 0 Å². The minimum atomic E-state index is -0.646. The average molecular weight is 424 g/mol. The van der Waals surface area contributed by atoms with Gasteiger partial charge in [-0.1, -0.05) is 0 Å². The minimum absolute atomic E-state index is 0.0284. The molecule has 0 fully saturated rings. The lowest BCUT2D eigenvalue weighted by Gasteiger charge is -2.08. The number of rotatable bonds is 7. The molecule has 0 aliphatic heterocycles. The van der Waals surface area contributed by atoms with Crippen LogP contribution in [0.4, 0.5) is 10.8 Å². The van der Waals surface area contributed by atoms with Gasteiger partial charge in [0, 0.05) is 17.0 Å². The number of thiazole rings is 1. The van der Waals surface area contributed by atoms with Crippen LogP contribution >= 0.6 is 23.6 Å². The number of nitrogens with one attached hydrogen (secondary N) is 2. The molecule has 148 valence electrons. The third kappa shape index (κ3) is 5.69. The third-order valence-corrected chi connectivity index (χ3v) is 4.28. The molecule has 2 N–H and O–H groups in total. The number of nitro benzene ring substituents is 1. The van der Waals surface area contributed by atoms with Crippen LogP contribution in [0.25, 0.3) is 0 Å². The van der Waals surface area contributed by atoms with E-state index >= 15 is 0 Å². The summed E-state index contributed by atoms with van der Waals surface area (Å²) in [6.45, 7) is 2.00. The van der Waals surface area contributed by atoms with Crippen molar-refractivity contribution in [1.82, 2.24) is 10.3 Å². The second-order valence-electron chi connectivity index (χ2n) is 5.18. The molecule has 2 aromatic rings. The molecule has 12 heteroatoms. The number of carbonyl (C=O) groups excluding carboxylic acids is 2. The Bertz CT molecular complexity index is 914. The van der Waals surface area contributed by atoms with E-state index in [1.165, 1.54) is 30.6 Å². The van der Waals surface area contributed by atoms with Gasteiger partial charge in [0.25, 0.3) is 5.91 Å². The summed E-state index contributed by atoms with van der Waals surface area (Å²) < 4.78 is 9.74. The molecule has 1 aromatic carbocycles. The van der Waals surface area contributed by atoms with Gasteiger partial charge in [0.1, 0.15) is 0 Å². The van der Waals surface area contributed by atoms with Crippen LogP contribution in [0.15, 0.2) is 23.6 Å². The van der Waals surface area contributed by atoms with Gasteiger partial charge in [-0.05, 0) is 31.3 Å². The van der Waals surface area contributed by atoms with E-state index in [4.69, 9.17) is 21.7 Å². The molecule has 28 heavy (non-hydrogen) atoms. The van der Waals surface area contributed by atoms with E-state index in [0.29, 0.717) is 10.8 Å². The van der Waals surface area contributed by atoms with Crippen molar-refractivity contribution in [2.45, 2.75) is 13.3 Å². The molecule has 0 saturated carbocycles. The number of nitro groups is 1. The van der Waals surface area contributed by atoms with Crippen molar-refractivity contribution in [2.24, 2.45) is 0 Å². The van der Waals surface area contributed by atoms with Gasteiger partial charge in [-0.25, -0.2) is 4.98 Å². The highest BCUT2D eigenvalue weighted by Crippen LogP contribution is 2.27. The van der Waals surface area contributed by atoms with Crippen LogP contribution in [0.2, 0.25) is 0 Å². The van der Waals surface area contributed by atoms with Gasteiger partial charge in [-0.3, -0.25) is 25.0 Å². The number of amides is 1. The number of esters is 1. The van der Waals surface area contributed by atoms with E-state index in [9.17, 15) is 19.7 Å². The van der Waals surface area contributed by atoms with Crippen LogP contribution in [0.5, 0.6) is 5.75 Å². The minimum Gasteiger partial charge on any atom is -0.490 e. The fraction of sp³-hybridized carbons (Fsp3) is 0.250. The smallest absolute Gasteiger partial charge is 0.311 e. The number of anilines is 1. The summed E-state index contributed by atoms with van der Waals surface area (Å²) in [5, 5.41) is 18.2. The number of carbonyl (C=O) groups is 2. The van der Waals surface area contributed by atoms with Gasteiger partial charge in [-0.2, -0.15) is 0 Å². The Kier molecular flexibility index (Phi) is 7.35. The number of benzene rings is 1. The highest BCUT2D eigenvalue weighted by atomic mass is 32.1. The summed E-state index contributed by atoms with van der Waals surface area (Å²) >= 11 is 6.25. The van der Waals surface area contributed by atoms with Crippen LogP contribution in [-0.4, -0.2) is 40.6 Å². The maximum Gasteiger partial charge on any atom is 0.311 e. The molecule has 0 spiro atoms. The van der Waals surface area contributed by atoms with Crippen molar-refractivity contribution in [3.05, 3.63) is 45.0 Å². The Labute approximate surface area is 169 Å². The summed E-state index contributed by atoms with van der Waals surface area (Å²) in [6, 6.07) is 3.80. The summed E-state index contributed by atoms with van der Waals surface area (Å²) in [4.78, 5) is 38.3. The summed E-state index contributed by atoms with van der Waals surface area (Å²) in [5.74, 6) is -0.984. The molecule has 1 aromatic heterocycles. The number of hydrogen-bond acceptors (Lipinski definition) is 9. The topological polar surface area (TPSA) is 133 Å². The van der Waals surface area contributed by atoms with E-state index in [2.05, 4.69) is 15.6 Å².